The van der Waals surface area contributed by atoms with Crippen LogP contribution >= 0.6 is 0 Å². The molecule has 0 aromatic carbocycles. The Morgan fingerprint density at radius 2 is 2.11 bits per heavy atom. The third-order valence-corrected chi connectivity index (χ3v) is 4.28. The maximum Gasteiger partial charge on any atom is 0.223 e. The highest BCUT2D eigenvalue weighted by atomic mass is 16.1. The van der Waals surface area contributed by atoms with E-state index in [9.17, 15) is 4.79 Å². The maximum atomic E-state index is 11.8. The summed E-state index contributed by atoms with van der Waals surface area (Å²) in [6, 6.07) is 2.75. The molecule has 1 heterocycles. The summed E-state index contributed by atoms with van der Waals surface area (Å²) in [5.41, 5.74) is 4.01. The number of hydrogen-bond donors (Lipinski definition) is 1. The fraction of sp³-hybridized carbons (Fsp3) is 0.688. The molecule has 1 aromatic heterocycles. The van der Waals surface area contributed by atoms with E-state index in [-0.39, 0.29) is 5.91 Å². The van der Waals surface area contributed by atoms with E-state index >= 15 is 0 Å². The van der Waals surface area contributed by atoms with E-state index in [2.05, 4.69) is 43.6 Å². The summed E-state index contributed by atoms with van der Waals surface area (Å²) < 4.78 is 2.36. The summed E-state index contributed by atoms with van der Waals surface area (Å²) in [7, 11) is 0. The number of nitrogens with one attached hydrogen (secondary N) is 1. The Kier molecular flexibility index (Phi) is 4.33. The van der Waals surface area contributed by atoms with Gasteiger partial charge in [0.1, 0.15) is 0 Å². The first-order chi connectivity index (χ1) is 9.00. The fourth-order valence-electron chi connectivity index (χ4n) is 3.03. The van der Waals surface area contributed by atoms with Gasteiger partial charge in [0.15, 0.2) is 0 Å². The lowest BCUT2D eigenvalue weighted by molar-refractivity contribution is -0.127. The predicted molar refractivity (Wildman–Crippen MR) is 78.3 cm³/mol. The number of rotatable bonds is 5. The number of amides is 1. The number of aromatic nitrogens is 1. The van der Waals surface area contributed by atoms with E-state index in [1.165, 1.54) is 23.4 Å². The highest BCUT2D eigenvalue weighted by molar-refractivity contribution is 5.79. The molecule has 1 aliphatic rings. The lowest BCUT2D eigenvalue weighted by Gasteiger charge is -2.24. The Balaban J connectivity index is 1.89. The van der Waals surface area contributed by atoms with Gasteiger partial charge >= 0.3 is 0 Å². The molecule has 1 aromatic rings. The zero-order valence-corrected chi connectivity index (χ0v) is 12.6. The normalized spacial score (nSPS) is 15.6. The van der Waals surface area contributed by atoms with Crippen molar-refractivity contribution in [2.24, 2.45) is 5.92 Å². The summed E-state index contributed by atoms with van der Waals surface area (Å²) in [4.78, 5) is 11.8. The van der Waals surface area contributed by atoms with Crippen molar-refractivity contribution in [3.8, 4) is 0 Å². The Morgan fingerprint density at radius 1 is 1.42 bits per heavy atom. The molecule has 0 saturated heterocycles. The number of carbonyl (C=O) groups is 1. The van der Waals surface area contributed by atoms with Crippen LogP contribution in [0.3, 0.4) is 0 Å². The van der Waals surface area contributed by atoms with Crippen molar-refractivity contribution >= 4 is 5.91 Å². The molecule has 1 amide bonds. The molecule has 1 aliphatic carbocycles. The first kappa shape index (κ1) is 14.2. The zero-order valence-electron chi connectivity index (χ0n) is 12.6. The predicted octanol–water partition coefficient (Wildman–Crippen LogP) is 3.14. The van der Waals surface area contributed by atoms with Crippen LogP contribution < -0.4 is 5.32 Å². The third kappa shape index (κ3) is 3.02. The van der Waals surface area contributed by atoms with Gasteiger partial charge in [-0.15, -0.1) is 0 Å². The van der Waals surface area contributed by atoms with Gasteiger partial charge < -0.3 is 9.88 Å². The van der Waals surface area contributed by atoms with Crippen LogP contribution in [-0.4, -0.2) is 17.0 Å². The second-order valence-corrected chi connectivity index (χ2v) is 6.03. The first-order valence-corrected chi connectivity index (χ1v) is 7.45. The lowest BCUT2D eigenvalue weighted by atomic mass is 9.85. The summed E-state index contributed by atoms with van der Waals surface area (Å²) in [5, 5.41) is 3.07. The standard InChI is InChI=1S/C16H26N2O/c1-11(2)18-12(3)10-15(13(18)4)8-9-17-16(19)14-6-5-7-14/h10-11,14H,5-9H2,1-4H3,(H,17,19). The largest absolute Gasteiger partial charge is 0.356 e. The number of hydrogen-bond acceptors (Lipinski definition) is 1. The lowest BCUT2D eigenvalue weighted by Crippen LogP contribution is -2.35. The van der Waals surface area contributed by atoms with Gasteiger partial charge in [0, 0.05) is 29.9 Å². The topological polar surface area (TPSA) is 34.0 Å². The van der Waals surface area contributed by atoms with Crippen molar-refractivity contribution in [2.75, 3.05) is 6.54 Å². The van der Waals surface area contributed by atoms with Crippen LogP contribution in [0.5, 0.6) is 0 Å². The van der Waals surface area contributed by atoms with Crippen molar-refractivity contribution < 1.29 is 4.79 Å². The van der Waals surface area contributed by atoms with Gasteiger partial charge in [0.2, 0.25) is 5.91 Å². The molecule has 0 atom stereocenters. The first-order valence-electron chi connectivity index (χ1n) is 7.45. The molecule has 1 saturated carbocycles. The Labute approximate surface area is 116 Å². The Morgan fingerprint density at radius 3 is 2.58 bits per heavy atom. The third-order valence-electron chi connectivity index (χ3n) is 4.28. The smallest absolute Gasteiger partial charge is 0.223 e. The van der Waals surface area contributed by atoms with Gasteiger partial charge in [-0.1, -0.05) is 6.42 Å². The van der Waals surface area contributed by atoms with Crippen LogP contribution in [0, 0.1) is 19.8 Å². The molecular formula is C16H26N2O. The van der Waals surface area contributed by atoms with Gasteiger partial charge in [-0.2, -0.15) is 0 Å². The second kappa shape index (κ2) is 5.81. The SMILES string of the molecule is Cc1cc(CCNC(=O)C2CCC2)c(C)n1C(C)C. The molecule has 0 aliphatic heterocycles. The minimum absolute atomic E-state index is 0.254. The van der Waals surface area contributed by atoms with Gasteiger partial charge in [-0.3, -0.25) is 4.79 Å². The molecule has 3 nitrogen and oxygen atoms in total. The number of nitrogens with zero attached hydrogens (tertiary/aromatic N) is 1. The molecule has 1 N–H and O–H groups in total. The number of carbonyl (C=O) groups excluding carboxylic acids is 1. The molecule has 19 heavy (non-hydrogen) atoms. The molecule has 3 heteroatoms. The van der Waals surface area contributed by atoms with Crippen LogP contribution in [-0.2, 0) is 11.2 Å². The minimum atomic E-state index is 0.254. The number of aryl methyl sites for hydroxylation is 1. The molecule has 0 radical (unpaired) electrons. The Hall–Kier alpha value is -1.25. The van der Waals surface area contributed by atoms with E-state index in [1.54, 1.807) is 0 Å². The van der Waals surface area contributed by atoms with Gasteiger partial charge in [-0.25, -0.2) is 0 Å². The average Bonchev–Trinajstić information content (AvgIpc) is 2.51. The molecule has 2 rings (SSSR count). The van der Waals surface area contributed by atoms with E-state index in [0.717, 1.165) is 25.8 Å². The highest BCUT2D eigenvalue weighted by Crippen LogP contribution is 2.26. The molecule has 106 valence electrons. The van der Waals surface area contributed by atoms with Crippen LogP contribution in [0.15, 0.2) is 6.07 Å². The van der Waals surface area contributed by atoms with Gasteiger partial charge in [0.05, 0.1) is 0 Å². The molecular weight excluding hydrogens is 236 g/mol. The molecule has 1 fully saturated rings. The second-order valence-electron chi connectivity index (χ2n) is 6.03. The monoisotopic (exact) mass is 262 g/mol. The summed E-state index contributed by atoms with van der Waals surface area (Å²) in [6.45, 7) is 9.52. The average molecular weight is 262 g/mol. The van der Waals surface area contributed by atoms with Crippen LogP contribution in [0.4, 0.5) is 0 Å². The quantitative estimate of drug-likeness (QED) is 0.869. The van der Waals surface area contributed by atoms with Crippen molar-refractivity contribution in [2.45, 2.75) is 59.4 Å². The minimum Gasteiger partial charge on any atom is -0.356 e. The summed E-state index contributed by atoms with van der Waals surface area (Å²) >= 11 is 0. The van der Waals surface area contributed by atoms with Gasteiger partial charge in [-0.05, 0) is 58.6 Å². The van der Waals surface area contributed by atoms with E-state index in [1.807, 2.05) is 0 Å². The maximum absolute atomic E-state index is 11.8. The van der Waals surface area contributed by atoms with Crippen molar-refractivity contribution in [1.29, 1.82) is 0 Å². The summed E-state index contributed by atoms with van der Waals surface area (Å²) in [5.74, 6) is 0.548. The fourth-order valence-corrected chi connectivity index (χ4v) is 3.03. The molecule has 0 unspecified atom stereocenters. The molecule has 0 bridgehead atoms. The van der Waals surface area contributed by atoms with E-state index in [0.29, 0.717) is 12.0 Å². The molecule has 0 spiro atoms. The van der Waals surface area contributed by atoms with Crippen molar-refractivity contribution in [3.63, 3.8) is 0 Å². The van der Waals surface area contributed by atoms with E-state index in [4.69, 9.17) is 0 Å². The summed E-state index contributed by atoms with van der Waals surface area (Å²) in [6.07, 6.45) is 4.31. The van der Waals surface area contributed by atoms with Crippen LogP contribution in [0.1, 0.15) is 56.1 Å². The zero-order chi connectivity index (χ0) is 14.0. The highest BCUT2D eigenvalue weighted by Gasteiger charge is 2.24. The van der Waals surface area contributed by atoms with Crippen LogP contribution in [0.2, 0.25) is 0 Å². The van der Waals surface area contributed by atoms with Gasteiger partial charge in [0.25, 0.3) is 0 Å². The van der Waals surface area contributed by atoms with Crippen molar-refractivity contribution in [3.05, 3.63) is 23.0 Å². The Bertz CT molecular complexity index is 456. The van der Waals surface area contributed by atoms with Crippen LogP contribution in [0.25, 0.3) is 0 Å². The van der Waals surface area contributed by atoms with Crippen molar-refractivity contribution in [1.82, 2.24) is 9.88 Å². The van der Waals surface area contributed by atoms with E-state index < -0.39 is 0 Å².